The third kappa shape index (κ3) is 4.76. The molecule has 37 heavy (non-hydrogen) atoms. The molecule has 2 aliphatic rings. The molecule has 0 fully saturated rings. The first kappa shape index (κ1) is 25.8. The van der Waals surface area contributed by atoms with E-state index in [1.807, 2.05) is 24.3 Å². The van der Waals surface area contributed by atoms with E-state index in [0.29, 0.717) is 24.4 Å². The lowest BCUT2D eigenvalue weighted by Crippen LogP contribution is -2.41. The molecule has 1 unspecified atom stereocenters. The summed E-state index contributed by atoms with van der Waals surface area (Å²) < 4.78 is 15.5. The number of fused-ring (bicyclic) bond motifs is 1. The van der Waals surface area contributed by atoms with Crippen molar-refractivity contribution in [2.75, 3.05) is 50.8 Å². The minimum Gasteiger partial charge on any atom is -0.466 e. The number of hydrogen-bond donors (Lipinski definition) is 1. The molecule has 0 spiro atoms. The van der Waals surface area contributed by atoms with Crippen LogP contribution in [0.1, 0.15) is 23.5 Å². The van der Waals surface area contributed by atoms with Crippen LogP contribution >= 0.6 is 0 Å². The molecule has 2 heterocycles. The molecule has 0 saturated heterocycles. The van der Waals surface area contributed by atoms with E-state index in [9.17, 15) is 14.9 Å². The van der Waals surface area contributed by atoms with Gasteiger partial charge in [-0.2, -0.15) is 5.26 Å². The molecule has 9 heteroatoms. The Bertz CT molecular complexity index is 1300. The van der Waals surface area contributed by atoms with E-state index in [1.165, 1.54) is 19.1 Å². The number of nitrogens with zero attached hydrogens (tertiary/aromatic N) is 3. The zero-order valence-electron chi connectivity index (χ0n) is 21.2. The number of hydrogen-bond acceptors (Lipinski definition) is 9. The normalized spacial score (nSPS) is 17.3. The van der Waals surface area contributed by atoms with Crippen LogP contribution in [0.5, 0.6) is 0 Å². The number of anilines is 2. The van der Waals surface area contributed by atoms with Crippen LogP contribution in [0.3, 0.4) is 0 Å². The summed E-state index contributed by atoms with van der Waals surface area (Å²) in [6, 6.07) is 16.9. The maximum absolute atomic E-state index is 13.3. The number of ether oxygens (including phenoxy) is 3. The molecule has 2 aliphatic heterocycles. The number of esters is 2. The molecule has 9 nitrogen and oxygen atoms in total. The van der Waals surface area contributed by atoms with Crippen molar-refractivity contribution in [2.24, 2.45) is 5.73 Å². The van der Waals surface area contributed by atoms with Gasteiger partial charge in [0, 0.05) is 31.6 Å². The Morgan fingerprint density at radius 1 is 1.08 bits per heavy atom. The first-order valence-electron chi connectivity index (χ1n) is 12.0. The van der Waals surface area contributed by atoms with Crippen molar-refractivity contribution >= 4 is 23.3 Å². The first-order valence-corrected chi connectivity index (χ1v) is 12.0. The predicted molar refractivity (Wildman–Crippen MR) is 138 cm³/mol. The molecule has 0 saturated carbocycles. The molecule has 2 aromatic rings. The van der Waals surface area contributed by atoms with E-state index < -0.39 is 17.9 Å². The van der Waals surface area contributed by atoms with Crippen LogP contribution < -0.4 is 15.5 Å². The van der Waals surface area contributed by atoms with Crippen LogP contribution in [0.2, 0.25) is 0 Å². The third-order valence-corrected chi connectivity index (χ3v) is 6.72. The maximum Gasteiger partial charge on any atom is 0.355 e. The minimum atomic E-state index is -0.903. The summed E-state index contributed by atoms with van der Waals surface area (Å²) in [6.45, 7) is 2.12. The fourth-order valence-corrected chi connectivity index (χ4v) is 4.99. The number of nitriles is 1. The lowest BCUT2D eigenvalue weighted by molar-refractivity contribution is -0.139. The second-order valence-electron chi connectivity index (χ2n) is 8.73. The molecule has 2 aromatic carbocycles. The summed E-state index contributed by atoms with van der Waals surface area (Å²) in [5, 5.41) is 10.2. The third-order valence-electron chi connectivity index (χ3n) is 6.72. The Kier molecular flexibility index (Phi) is 7.80. The summed E-state index contributed by atoms with van der Waals surface area (Å²) >= 11 is 0. The average molecular weight is 503 g/mol. The summed E-state index contributed by atoms with van der Waals surface area (Å²) in [5.41, 5.74) is 9.96. The monoisotopic (exact) mass is 502 g/mol. The molecule has 0 aromatic heterocycles. The molecule has 4 rings (SSSR count). The molecule has 0 aliphatic carbocycles. The Morgan fingerprint density at radius 2 is 1.81 bits per heavy atom. The number of carbonyl (C=O) groups excluding carboxylic acids is 2. The summed E-state index contributed by atoms with van der Waals surface area (Å²) in [4.78, 5) is 30.1. The maximum atomic E-state index is 13.3. The van der Waals surface area contributed by atoms with Gasteiger partial charge in [0.2, 0.25) is 0 Å². The highest BCUT2D eigenvalue weighted by Gasteiger charge is 2.43. The zero-order chi connectivity index (χ0) is 26.5. The molecular formula is C28H30N4O5. The molecule has 0 amide bonds. The van der Waals surface area contributed by atoms with Crippen molar-refractivity contribution in [3.8, 4) is 6.07 Å². The van der Waals surface area contributed by atoms with Crippen LogP contribution in [0.25, 0.3) is 0 Å². The molecule has 0 radical (unpaired) electrons. The number of rotatable bonds is 7. The van der Waals surface area contributed by atoms with Crippen LogP contribution in [0.4, 0.5) is 11.4 Å². The van der Waals surface area contributed by atoms with Crippen molar-refractivity contribution in [1.29, 1.82) is 5.26 Å². The van der Waals surface area contributed by atoms with Crippen molar-refractivity contribution in [3.63, 3.8) is 0 Å². The Hall–Kier alpha value is -4.29. The fourth-order valence-electron chi connectivity index (χ4n) is 4.99. The Morgan fingerprint density at radius 3 is 2.46 bits per heavy atom. The predicted octanol–water partition coefficient (Wildman–Crippen LogP) is 2.98. The van der Waals surface area contributed by atoms with Gasteiger partial charge >= 0.3 is 11.9 Å². The van der Waals surface area contributed by atoms with Gasteiger partial charge in [-0.3, -0.25) is 4.90 Å². The van der Waals surface area contributed by atoms with Gasteiger partial charge in [0.05, 0.1) is 44.0 Å². The highest BCUT2D eigenvalue weighted by Crippen LogP contribution is 2.44. The quantitative estimate of drug-likeness (QED) is 0.570. The van der Waals surface area contributed by atoms with E-state index in [-0.39, 0.29) is 22.7 Å². The van der Waals surface area contributed by atoms with Crippen molar-refractivity contribution < 1.29 is 23.8 Å². The molecule has 192 valence electrons. The van der Waals surface area contributed by atoms with Crippen molar-refractivity contribution in [2.45, 2.75) is 18.8 Å². The van der Waals surface area contributed by atoms with Gasteiger partial charge in [-0.25, -0.2) is 9.59 Å². The molecule has 2 N–H and O–H groups in total. The van der Waals surface area contributed by atoms with E-state index in [1.54, 1.807) is 31.4 Å². The zero-order valence-corrected chi connectivity index (χ0v) is 21.2. The van der Waals surface area contributed by atoms with Gasteiger partial charge in [0.15, 0.2) is 0 Å². The molecular weight excluding hydrogens is 472 g/mol. The number of carbonyl (C=O) groups is 2. The van der Waals surface area contributed by atoms with Crippen molar-refractivity contribution in [3.05, 3.63) is 82.3 Å². The summed E-state index contributed by atoms with van der Waals surface area (Å²) in [7, 11) is 4.13. The highest BCUT2D eigenvalue weighted by atomic mass is 16.5. The van der Waals surface area contributed by atoms with Gasteiger partial charge in [0.25, 0.3) is 0 Å². The molecule has 0 bridgehead atoms. The number of methoxy groups -OCH3 is 3. The van der Waals surface area contributed by atoms with Crippen LogP contribution in [-0.4, -0.2) is 53.0 Å². The average Bonchev–Trinajstić information content (AvgIpc) is 2.94. The standard InChI is InChI=1S/C28H30N4O5/c1-35-15-14-31-13-7-10-18-11-12-20(16-22(18)31)32-25(28(34)37-3)24(27(33)36-2)23(21(17-29)26(32)30)19-8-5-4-6-9-19/h4-6,8-9,11-12,16,23H,7,10,13-15,30H2,1-3H3. The largest absolute Gasteiger partial charge is 0.466 e. The topological polar surface area (TPSA) is 118 Å². The van der Waals surface area contributed by atoms with E-state index in [0.717, 1.165) is 30.6 Å². The second kappa shape index (κ2) is 11.2. The van der Waals surface area contributed by atoms with Crippen LogP contribution in [-0.2, 0) is 30.2 Å². The first-order chi connectivity index (χ1) is 18.0. The highest BCUT2D eigenvalue weighted by molar-refractivity contribution is 6.06. The van der Waals surface area contributed by atoms with Crippen LogP contribution in [0.15, 0.2) is 71.2 Å². The lowest BCUT2D eigenvalue weighted by atomic mass is 9.81. The van der Waals surface area contributed by atoms with Crippen molar-refractivity contribution in [1.82, 2.24) is 0 Å². The van der Waals surface area contributed by atoms with E-state index in [2.05, 4.69) is 11.0 Å². The fraction of sp³-hybridized carbons (Fsp3) is 0.321. The number of benzene rings is 2. The number of nitrogens with two attached hydrogens (primary N) is 1. The van der Waals surface area contributed by atoms with Gasteiger partial charge in [0.1, 0.15) is 11.5 Å². The Labute approximate surface area is 216 Å². The summed E-state index contributed by atoms with van der Waals surface area (Å²) in [6.07, 6.45) is 1.93. The SMILES string of the molecule is COCCN1CCCc2ccc(N3C(N)=C(C#N)C(c4ccccc4)C(C(=O)OC)=C3C(=O)OC)cc21. The van der Waals surface area contributed by atoms with Gasteiger partial charge < -0.3 is 24.8 Å². The Balaban J connectivity index is 1.97. The van der Waals surface area contributed by atoms with Gasteiger partial charge in [-0.15, -0.1) is 0 Å². The summed E-state index contributed by atoms with van der Waals surface area (Å²) in [5.74, 6) is -2.38. The molecule has 1 atom stereocenters. The lowest BCUT2D eigenvalue weighted by Gasteiger charge is -2.37. The second-order valence-corrected chi connectivity index (χ2v) is 8.73. The van der Waals surface area contributed by atoms with E-state index >= 15 is 0 Å². The van der Waals surface area contributed by atoms with Gasteiger partial charge in [-0.1, -0.05) is 36.4 Å². The minimum absolute atomic E-state index is 0.0136. The van der Waals surface area contributed by atoms with E-state index in [4.69, 9.17) is 19.9 Å². The number of aryl methyl sites for hydroxylation is 1. The smallest absolute Gasteiger partial charge is 0.355 e. The number of allylic oxidation sites excluding steroid dienone is 1. The van der Waals surface area contributed by atoms with Crippen LogP contribution in [0, 0.1) is 11.3 Å². The van der Waals surface area contributed by atoms with Gasteiger partial charge in [-0.05, 0) is 36.1 Å².